The Morgan fingerprint density at radius 1 is 1.47 bits per heavy atom. The molecule has 0 fully saturated rings. The van der Waals surface area contributed by atoms with Crippen molar-refractivity contribution < 1.29 is 9.72 Å². The Bertz CT molecular complexity index is 518. The number of terminal acetylenes is 1. The number of nitrogens with one attached hydrogen (secondary N) is 1. The third kappa shape index (κ3) is 4.43. The van der Waals surface area contributed by atoms with Gasteiger partial charge < -0.3 is 5.32 Å². The van der Waals surface area contributed by atoms with Crippen LogP contribution in [-0.4, -0.2) is 17.4 Å². The molecule has 1 rings (SSSR count). The summed E-state index contributed by atoms with van der Waals surface area (Å²) in [4.78, 5) is 22.0. The van der Waals surface area contributed by atoms with Crippen molar-refractivity contribution in [2.24, 2.45) is 0 Å². The Morgan fingerprint density at radius 3 is 2.79 bits per heavy atom. The molecule has 0 saturated carbocycles. The number of hydrogen-bond acceptors (Lipinski definition) is 3. The van der Waals surface area contributed by atoms with Gasteiger partial charge in [0, 0.05) is 30.2 Å². The maximum absolute atomic E-state index is 11.8. The second kappa shape index (κ2) is 7.17. The topological polar surface area (TPSA) is 72.2 Å². The summed E-state index contributed by atoms with van der Waals surface area (Å²) in [7, 11) is 0. The number of nitro benzene ring substituents is 1. The van der Waals surface area contributed by atoms with Crippen LogP contribution in [0.15, 0.2) is 18.2 Å². The predicted octanol–water partition coefficient (Wildman–Crippen LogP) is 2.44. The molecule has 5 heteroatoms. The molecule has 1 N–H and O–H groups in total. The van der Waals surface area contributed by atoms with E-state index in [2.05, 4.69) is 11.2 Å². The molecular formula is C14H16N2O3. The molecule has 0 heterocycles. The van der Waals surface area contributed by atoms with Crippen LogP contribution in [0, 0.1) is 29.4 Å². The molecule has 0 unspecified atom stereocenters. The number of nitro groups is 1. The van der Waals surface area contributed by atoms with Crippen molar-refractivity contribution in [1.29, 1.82) is 0 Å². The number of hydrogen-bond donors (Lipinski definition) is 1. The number of benzene rings is 1. The van der Waals surface area contributed by atoms with E-state index in [1.807, 2.05) is 0 Å². The lowest BCUT2D eigenvalue weighted by Gasteiger charge is -2.05. The zero-order valence-corrected chi connectivity index (χ0v) is 10.8. The lowest BCUT2D eigenvalue weighted by Crippen LogP contribution is -2.24. The number of amides is 1. The van der Waals surface area contributed by atoms with Crippen LogP contribution in [0.25, 0.3) is 0 Å². The monoisotopic (exact) mass is 260 g/mol. The molecule has 0 aliphatic rings. The van der Waals surface area contributed by atoms with Crippen molar-refractivity contribution in [2.45, 2.75) is 26.2 Å². The molecule has 0 aliphatic carbocycles. The third-order valence-electron chi connectivity index (χ3n) is 2.69. The minimum absolute atomic E-state index is 0.0190. The van der Waals surface area contributed by atoms with Gasteiger partial charge in [-0.2, -0.15) is 0 Å². The highest BCUT2D eigenvalue weighted by molar-refractivity contribution is 5.94. The lowest BCUT2D eigenvalue weighted by atomic mass is 10.1. The molecule has 1 amide bonds. The van der Waals surface area contributed by atoms with Crippen molar-refractivity contribution in [3.63, 3.8) is 0 Å². The van der Waals surface area contributed by atoms with Crippen LogP contribution in [0.4, 0.5) is 5.69 Å². The van der Waals surface area contributed by atoms with E-state index in [1.165, 1.54) is 18.2 Å². The van der Waals surface area contributed by atoms with Crippen LogP contribution in [0.3, 0.4) is 0 Å². The maximum atomic E-state index is 11.8. The number of rotatable bonds is 6. The molecule has 0 saturated heterocycles. The Hall–Kier alpha value is -2.35. The summed E-state index contributed by atoms with van der Waals surface area (Å²) >= 11 is 0. The molecule has 0 bridgehead atoms. The highest BCUT2D eigenvalue weighted by atomic mass is 16.6. The van der Waals surface area contributed by atoms with Gasteiger partial charge in [0.1, 0.15) is 0 Å². The van der Waals surface area contributed by atoms with Crippen LogP contribution in [0.1, 0.15) is 35.2 Å². The minimum Gasteiger partial charge on any atom is -0.352 e. The highest BCUT2D eigenvalue weighted by Crippen LogP contribution is 2.18. The number of unbranched alkanes of at least 4 members (excludes halogenated alkanes) is 2. The average molecular weight is 260 g/mol. The summed E-state index contributed by atoms with van der Waals surface area (Å²) in [5, 5.41) is 13.4. The van der Waals surface area contributed by atoms with E-state index in [0.29, 0.717) is 24.1 Å². The molecule has 19 heavy (non-hydrogen) atoms. The van der Waals surface area contributed by atoms with Gasteiger partial charge >= 0.3 is 0 Å². The number of aryl methyl sites for hydroxylation is 1. The van der Waals surface area contributed by atoms with E-state index in [0.717, 1.165) is 12.8 Å². The lowest BCUT2D eigenvalue weighted by molar-refractivity contribution is -0.385. The first-order valence-corrected chi connectivity index (χ1v) is 6.03. The molecular weight excluding hydrogens is 244 g/mol. The first kappa shape index (κ1) is 14.7. The normalized spacial score (nSPS) is 9.68. The summed E-state index contributed by atoms with van der Waals surface area (Å²) in [6, 6.07) is 4.33. The standard InChI is InChI=1S/C14H16N2O3/c1-3-4-5-6-9-15-14(17)12-7-8-13(16(18)19)11(2)10-12/h1,7-8,10H,4-6,9H2,2H3,(H,15,17). The molecule has 1 aromatic rings. The molecule has 1 aromatic carbocycles. The van der Waals surface area contributed by atoms with E-state index < -0.39 is 4.92 Å². The Balaban J connectivity index is 2.56. The van der Waals surface area contributed by atoms with Gasteiger partial charge in [-0.3, -0.25) is 14.9 Å². The van der Waals surface area contributed by atoms with Crippen LogP contribution in [0.2, 0.25) is 0 Å². The molecule has 0 aliphatic heterocycles. The summed E-state index contributed by atoms with van der Waals surface area (Å²) < 4.78 is 0. The summed E-state index contributed by atoms with van der Waals surface area (Å²) in [5.74, 6) is 2.31. The molecule has 100 valence electrons. The van der Waals surface area contributed by atoms with Crippen LogP contribution in [-0.2, 0) is 0 Å². The fourth-order valence-electron chi connectivity index (χ4n) is 1.66. The SMILES string of the molecule is C#CCCCCNC(=O)c1ccc([N+](=O)[O-])c(C)c1. The molecule has 0 atom stereocenters. The van der Waals surface area contributed by atoms with E-state index in [9.17, 15) is 14.9 Å². The number of nitrogens with zero attached hydrogens (tertiary/aromatic N) is 1. The fourth-order valence-corrected chi connectivity index (χ4v) is 1.66. The Morgan fingerprint density at radius 2 is 2.21 bits per heavy atom. The van der Waals surface area contributed by atoms with Crippen LogP contribution < -0.4 is 5.32 Å². The first-order chi connectivity index (χ1) is 9.06. The van der Waals surface area contributed by atoms with Gasteiger partial charge in [-0.15, -0.1) is 12.3 Å². The van der Waals surface area contributed by atoms with Crippen molar-refractivity contribution in [1.82, 2.24) is 5.32 Å². The minimum atomic E-state index is -0.461. The zero-order valence-electron chi connectivity index (χ0n) is 10.8. The smallest absolute Gasteiger partial charge is 0.272 e. The molecule has 0 spiro atoms. The third-order valence-corrected chi connectivity index (χ3v) is 2.69. The predicted molar refractivity (Wildman–Crippen MR) is 72.9 cm³/mol. The quantitative estimate of drug-likeness (QED) is 0.369. The number of carbonyl (C=O) groups excluding carboxylic acids is 1. The van der Waals surface area contributed by atoms with Crippen molar-refractivity contribution in [3.8, 4) is 12.3 Å². The van der Waals surface area contributed by atoms with Crippen LogP contribution >= 0.6 is 0 Å². The van der Waals surface area contributed by atoms with Crippen molar-refractivity contribution in [2.75, 3.05) is 6.54 Å². The molecule has 5 nitrogen and oxygen atoms in total. The van der Waals surface area contributed by atoms with Gasteiger partial charge in [-0.05, 0) is 31.9 Å². The van der Waals surface area contributed by atoms with E-state index in [-0.39, 0.29) is 11.6 Å². The summed E-state index contributed by atoms with van der Waals surface area (Å²) in [6.07, 6.45) is 7.52. The zero-order chi connectivity index (χ0) is 14.3. The number of carbonyl (C=O) groups is 1. The van der Waals surface area contributed by atoms with E-state index >= 15 is 0 Å². The van der Waals surface area contributed by atoms with Gasteiger partial charge in [-0.1, -0.05) is 0 Å². The highest BCUT2D eigenvalue weighted by Gasteiger charge is 2.13. The summed E-state index contributed by atoms with van der Waals surface area (Å²) in [6.45, 7) is 2.17. The van der Waals surface area contributed by atoms with Gasteiger partial charge in [0.25, 0.3) is 11.6 Å². The van der Waals surface area contributed by atoms with Crippen molar-refractivity contribution in [3.05, 3.63) is 39.4 Å². The van der Waals surface area contributed by atoms with Gasteiger partial charge in [0.15, 0.2) is 0 Å². The van der Waals surface area contributed by atoms with Gasteiger partial charge in [0.2, 0.25) is 0 Å². The average Bonchev–Trinajstić information content (AvgIpc) is 2.37. The molecule has 0 radical (unpaired) electrons. The van der Waals surface area contributed by atoms with Gasteiger partial charge in [0.05, 0.1) is 4.92 Å². The van der Waals surface area contributed by atoms with Crippen molar-refractivity contribution >= 4 is 11.6 Å². The maximum Gasteiger partial charge on any atom is 0.272 e. The van der Waals surface area contributed by atoms with Crippen LogP contribution in [0.5, 0.6) is 0 Å². The summed E-state index contributed by atoms with van der Waals surface area (Å²) in [5.41, 5.74) is 0.926. The Labute approximate surface area is 112 Å². The van der Waals surface area contributed by atoms with Gasteiger partial charge in [-0.25, -0.2) is 0 Å². The van der Waals surface area contributed by atoms with E-state index in [1.54, 1.807) is 6.92 Å². The molecule has 0 aromatic heterocycles. The second-order valence-electron chi connectivity index (χ2n) is 4.18. The first-order valence-electron chi connectivity index (χ1n) is 6.03. The Kier molecular flexibility index (Phi) is 5.55. The second-order valence-corrected chi connectivity index (χ2v) is 4.18. The fraction of sp³-hybridized carbons (Fsp3) is 0.357. The van der Waals surface area contributed by atoms with E-state index in [4.69, 9.17) is 6.42 Å². The largest absolute Gasteiger partial charge is 0.352 e.